The van der Waals surface area contributed by atoms with Crippen LogP contribution in [0.2, 0.25) is 5.02 Å². The minimum atomic E-state index is 0.462. The monoisotopic (exact) mass is 395 g/mol. The molecule has 4 rings (SSSR count). The Labute approximate surface area is 171 Å². The largest absolute Gasteiger partial charge is 0.312 e. The Bertz CT molecular complexity index is 896. The van der Waals surface area contributed by atoms with Crippen LogP contribution < -0.4 is 5.32 Å². The molecular weight excluding hydrogens is 370 g/mol. The highest BCUT2D eigenvalue weighted by Gasteiger charge is 2.28. The Balaban J connectivity index is 1.68. The van der Waals surface area contributed by atoms with Gasteiger partial charge in [-0.15, -0.1) is 0 Å². The quantitative estimate of drug-likeness (QED) is 0.622. The van der Waals surface area contributed by atoms with Gasteiger partial charge in [-0.05, 0) is 43.9 Å². The number of aromatic amines is 1. The summed E-state index contributed by atoms with van der Waals surface area (Å²) in [5, 5.41) is 12.4. The normalized spacial score (nSPS) is 19.9. The van der Waals surface area contributed by atoms with Gasteiger partial charge in [0, 0.05) is 46.0 Å². The smallest absolute Gasteiger partial charge is 0.116 e. The zero-order valence-corrected chi connectivity index (χ0v) is 17.1. The number of nitrogens with one attached hydrogen (secondary N) is 2. The van der Waals surface area contributed by atoms with Gasteiger partial charge in [0.25, 0.3) is 0 Å². The van der Waals surface area contributed by atoms with Gasteiger partial charge in [0.2, 0.25) is 0 Å². The molecule has 1 saturated carbocycles. The molecule has 0 unspecified atom stereocenters. The van der Waals surface area contributed by atoms with E-state index in [1.54, 1.807) is 12.5 Å². The van der Waals surface area contributed by atoms with E-state index in [4.69, 9.17) is 16.7 Å². The van der Waals surface area contributed by atoms with Gasteiger partial charge in [-0.3, -0.25) is 5.10 Å². The van der Waals surface area contributed by atoms with Gasteiger partial charge >= 0.3 is 0 Å². The average Bonchev–Trinajstić information content (AvgIpc) is 3.14. The third-order valence-electron chi connectivity index (χ3n) is 5.45. The number of halogens is 1. The topological polar surface area (TPSA) is 66.5 Å². The molecule has 28 heavy (non-hydrogen) atoms. The lowest BCUT2D eigenvalue weighted by Gasteiger charge is -2.30. The first kappa shape index (κ1) is 19.1. The van der Waals surface area contributed by atoms with Crippen LogP contribution in [0.1, 0.15) is 51.1 Å². The highest BCUT2D eigenvalue weighted by molar-refractivity contribution is 6.30. The number of benzene rings is 1. The standard InChI is InChI=1S/C22H26ClN5/c1-14(2)26-18-9-5-16(6-10-18)22-20(19-11-12-24-13-25-19)21(27-28-22)15-3-7-17(23)8-4-15/h3-4,7-8,11-14,16,18,26H,5-6,9-10H2,1-2H3,(H,27,28). The third kappa shape index (κ3) is 4.10. The molecule has 0 spiro atoms. The van der Waals surface area contributed by atoms with Crippen molar-refractivity contribution in [2.45, 2.75) is 57.5 Å². The van der Waals surface area contributed by atoms with E-state index in [1.165, 1.54) is 18.5 Å². The van der Waals surface area contributed by atoms with E-state index in [0.717, 1.165) is 40.4 Å². The van der Waals surface area contributed by atoms with Crippen LogP contribution in [0, 0.1) is 0 Å². The van der Waals surface area contributed by atoms with Crippen molar-refractivity contribution < 1.29 is 0 Å². The maximum atomic E-state index is 6.08. The van der Waals surface area contributed by atoms with Gasteiger partial charge in [-0.1, -0.05) is 37.6 Å². The maximum Gasteiger partial charge on any atom is 0.116 e. The molecule has 0 atom stereocenters. The van der Waals surface area contributed by atoms with Crippen LogP contribution in [0.25, 0.3) is 22.5 Å². The molecule has 6 heteroatoms. The molecule has 1 aromatic carbocycles. The Morgan fingerprint density at radius 3 is 2.46 bits per heavy atom. The van der Waals surface area contributed by atoms with E-state index >= 15 is 0 Å². The van der Waals surface area contributed by atoms with Crippen LogP contribution in [0.3, 0.4) is 0 Å². The predicted molar refractivity (Wildman–Crippen MR) is 113 cm³/mol. The van der Waals surface area contributed by atoms with E-state index < -0.39 is 0 Å². The zero-order valence-electron chi connectivity index (χ0n) is 16.3. The lowest BCUT2D eigenvalue weighted by atomic mass is 9.82. The van der Waals surface area contributed by atoms with Crippen molar-refractivity contribution in [3.05, 3.63) is 53.6 Å². The molecule has 3 aromatic rings. The molecular formula is C22H26ClN5. The molecule has 1 aliphatic rings. The Morgan fingerprint density at radius 1 is 1.07 bits per heavy atom. The molecule has 0 aliphatic heterocycles. The van der Waals surface area contributed by atoms with Crippen molar-refractivity contribution in [1.29, 1.82) is 0 Å². The van der Waals surface area contributed by atoms with E-state index in [1.807, 2.05) is 30.3 Å². The van der Waals surface area contributed by atoms with E-state index in [-0.39, 0.29) is 0 Å². The van der Waals surface area contributed by atoms with Crippen LogP contribution in [0.4, 0.5) is 0 Å². The highest BCUT2D eigenvalue weighted by Crippen LogP contribution is 2.41. The fourth-order valence-electron chi connectivity index (χ4n) is 4.19. The van der Waals surface area contributed by atoms with Gasteiger partial charge in [-0.2, -0.15) is 5.10 Å². The molecule has 1 aliphatic carbocycles. The molecule has 2 N–H and O–H groups in total. The summed E-state index contributed by atoms with van der Waals surface area (Å²) < 4.78 is 0. The fraction of sp³-hybridized carbons (Fsp3) is 0.409. The second kappa shape index (κ2) is 8.41. The maximum absolute atomic E-state index is 6.08. The lowest BCUT2D eigenvalue weighted by Crippen LogP contribution is -2.37. The summed E-state index contributed by atoms with van der Waals surface area (Å²) in [4.78, 5) is 8.61. The van der Waals surface area contributed by atoms with Gasteiger partial charge in [0.15, 0.2) is 0 Å². The van der Waals surface area contributed by atoms with Crippen molar-refractivity contribution in [2.24, 2.45) is 0 Å². The summed E-state index contributed by atoms with van der Waals surface area (Å²) >= 11 is 6.08. The number of hydrogen-bond acceptors (Lipinski definition) is 4. The summed E-state index contributed by atoms with van der Waals surface area (Å²) in [5.41, 5.74) is 5.14. The summed E-state index contributed by atoms with van der Waals surface area (Å²) in [6.07, 6.45) is 8.04. The van der Waals surface area contributed by atoms with Crippen molar-refractivity contribution >= 4 is 11.6 Å². The SMILES string of the molecule is CC(C)NC1CCC(c2[nH]nc(-c3ccc(Cl)cc3)c2-c2ccncn2)CC1. The first-order valence-electron chi connectivity index (χ1n) is 9.98. The minimum absolute atomic E-state index is 0.462. The third-order valence-corrected chi connectivity index (χ3v) is 5.71. The van der Waals surface area contributed by atoms with Crippen LogP contribution in [-0.2, 0) is 0 Å². The summed E-state index contributed by atoms with van der Waals surface area (Å²) in [7, 11) is 0. The van der Waals surface area contributed by atoms with Gasteiger partial charge in [0.05, 0.1) is 5.69 Å². The van der Waals surface area contributed by atoms with Crippen molar-refractivity contribution in [3.63, 3.8) is 0 Å². The Kier molecular flexibility index (Phi) is 5.74. The molecule has 2 heterocycles. The van der Waals surface area contributed by atoms with Crippen LogP contribution in [0.15, 0.2) is 42.9 Å². The first-order valence-corrected chi connectivity index (χ1v) is 10.4. The minimum Gasteiger partial charge on any atom is -0.312 e. The molecule has 0 saturated heterocycles. The fourth-order valence-corrected chi connectivity index (χ4v) is 4.31. The summed E-state index contributed by atoms with van der Waals surface area (Å²) in [5.74, 6) is 0.462. The number of nitrogens with zero attached hydrogens (tertiary/aromatic N) is 3. The molecule has 0 radical (unpaired) electrons. The average molecular weight is 396 g/mol. The molecule has 146 valence electrons. The van der Waals surface area contributed by atoms with Crippen LogP contribution >= 0.6 is 11.6 Å². The Hall–Kier alpha value is -2.24. The highest BCUT2D eigenvalue weighted by atomic mass is 35.5. The van der Waals surface area contributed by atoms with Crippen molar-refractivity contribution in [3.8, 4) is 22.5 Å². The van der Waals surface area contributed by atoms with E-state index in [2.05, 4.69) is 34.2 Å². The Morgan fingerprint density at radius 2 is 1.82 bits per heavy atom. The predicted octanol–water partition coefficient (Wildman–Crippen LogP) is 5.21. The second-order valence-corrected chi connectivity index (χ2v) is 8.27. The zero-order chi connectivity index (χ0) is 19.5. The van der Waals surface area contributed by atoms with E-state index in [9.17, 15) is 0 Å². The van der Waals surface area contributed by atoms with Gasteiger partial charge in [0.1, 0.15) is 12.0 Å². The molecule has 5 nitrogen and oxygen atoms in total. The molecule has 0 amide bonds. The lowest BCUT2D eigenvalue weighted by molar-refractivity contribution is 0.323. The summed E-state index contributed by atoms with van der Waals surface area (Å²) in [6, 6.07) is 10.9. The first-order chi connectivity index (χ1) is 13.6. The molecule has 2 aromatic heterocycles. The van der Waals surface area contributed by atoms with Gasteiger partial charge < -0.3 is 5.32 Å². The number of aromatic nitrogens is 4. The van der Waals surface area contributed by atoms with Gasteiger partial charge in [-0.25, -0.2) is 9.97 Å². The van der Waals surface area contributed by atoms with E-state index in [0.29, 0.717) is 18.0 Å². The number of hydrogen-bond donors (Lipinski definition) is 2. The van der Waals surface area contributed by atoms with Crippen LogP contribution in [0.5, 0.6) is 0 Å². The summed E-state index contributed by atoms with van der Waals surface area (Å²) in [6.45, 7) is 4.43. The number of rotatable bonds is 5. The number of H-pyrrole nitrogens is 1. The molecule has 1 fully saturated rings. The van der Waals surface area contributed by atoms with Crippen LogP contribution in [-0.4, -0.2) is 32.2 Å². The van der Waals surface area contributed by atoms with Crippen molar-refractivity contribution in [2.75, 3.05) is 0 Å². The molecule has 0 bridgehead atoms. The second-order valence-electron chi connectivity index (χ2n) is 7.83. The van der Waals surface area contributed by atoms with Crippen molar-refractivity contribution in [1.82, 2.24) is 25.5 Å².